The van der Waals surface area contributed by atoms with Crippen LogP contribution in [0.15, 0.2) is 54.6 Å². The smallest absolute Gasteiger partial charge is 0.258 e. The summed E-state index contributed by atoms with van der Waals surface area (Å²) in [5.41, 5.74) is 2.25. The standard InChI is InChI=1S/C20H25NO2/c1-15(2)12-19(17-9-5-4-6-10-17)21-20(22)14-23-18-11-7-8-16(3)13-18/h4-11,13,15,19H,12,14H2,1-3H3,(H,21,22)/t19-/m1/s1. The summed E-state index contributed by atoms with van der Waals surface area (Å²) in [6, 6.07) is 17.8. The van der Waals surface area contributed by atoms with E-state index in [1.807, 2.05) is 49.4 Å². The molecule has 0 saturated heterocycles. The summed E-state index contributed by atoms with van der Waals surface area (Å²) in [7, 11) is 0. The number of aryl methyl sites for hydroxylation is 1. The molecule has 0 unspecified atom stereocenters. The second kappa shape index (κ2) is 8.37. The Bertz CT molecular complexity index is 623. The zero-order chi connectivity index (χ0) is 16.7. The Labute approximate surface area is 138 Å². The van der Waals surface area contributed by atoms with Gasteiger partial charge in [-0.15, -0.1) is 0 Å². The third-order valence-corrected chi connectivity index (χ3v) is 3.60. The predicted molar refractivity (Wildman–Crippen MR) is 93.5 cm³/mol. The number of carbonyl (C=O) groups is 1. The fraction of sp³-hybridized carbons (Fsp3) is 0.350. The summed E-state index contributed by atoms with van der Waals surface area (Å²) in [5, 5.41) is 3.09. The van der Waals surface area contributed by atoms with Gasteiger partial charge in [0.05, 0.1) is 6.04 Å². The van der Waals surface area contributed by atoms with E-state index >= 15 is 0 Å². The van der Waals surface area contributed by atoms with Crippen molar-refractivity contribution >= 4 is 5.91 Å². The van der Waals surface area contributed by atoms with Gasteiger partial charge in [0, 0.05) is 0 Å². The maximum Gasteiger partial charge on any atom is 0.258 e. The van der Waals surface area contributed by atoms with Gasteiger partial charge in [-0.05, 0) is 42.5 Å². The first-order chi connectivity index (χ1) is 11.0. The molecule has 2 rings (SSSR count). The van der Waals surface area contributed by atoms with Crippen molar-refractivity contribution in [1.82, 2.24) is 5.32 Å². The third-order valence-electron chi connectivity index (χ3n) is 3.60. The number of rotatable bonds is 7. The average molecular weight is 311 g/mol. The van der Waals surface area contributed by atoms with E-state index in [0.29, 0.717) is 5.92 Å². The lowest BCUT2D eigenvalue weighted by atomic mass is 9.97. The van der Waals surface area contributed by atoms with E-state index < -0.39 is 0 Å². The van der Waals surface area contributed by atoms with Crippen LogP contribution in [0.4, 0.5) is 0 Å². The molecular weight excluding hydrogens is 286 g/mol. The van der Waals surface area contributed by atoms with E-state index in [9.17, 15) is 4.79 Å². The minimum atomic E-state index is -0.0963. The second-order valence-electron chi connectivity index (χ2n) is 6.27. The number of ether oxygens (including phenoxy) is 1. The molecule has 0 radical (unpaired) electrons. The van der Waals surface area contributed by atoms with Crippen LogP contribution < -0.4 is 10.1 Å². The van der Waals surface area contributed by atoms with Crippen LogP contribution in [0.2, 0.25) is 0 Å². The predicted octanol–water partition coefficient (Wildman–Crippen LogP) is 4.28. The average Bonchev–Trinajstić information content (AvgIpc) is 2.53. The van der Waals surface area contributed by atoms with Gasteiger partial charge in [0.2, 0.25) is 0 Å². The molecule has 2 aromatic carbocycles. The normalized spacial score (nSPS) is 12.0. The van der Waals surface area contributed by atoms with Crippen molar-refractivity contribution in [3.63, 3.8) is 0 Å². The van der Waals surface area contributed by atoms with Crippen molar-refractivity contribution in [3.8, 4) is 5.75 Å². The molecule has 0 aliphatic heterocycles. The zero-order valence-electron chi connectivity index (χ0n) is 14.1. The highest BCUT2D eigenvalue weighted by molar-refractivity contribution is 5.78. The Hall–Kier alpha value is -2.29. The molecule has 1 atom stereocenters. The number of benzene rings is 2. The molecule has 0 bridgehead atoms. The van der Waals surface area contributed by atoms with Crippen molar-refractivity contribution in [1.29, 1.82) is 0 Å². The molecule has 0 heterocycles. The molecule has 0 fully saturated rings. The molecule has 2 aromatic rings. The van der Waals surface area contributed by atoms with Crippen LogP contribution in [0.5, 0.6) is 5.75 Å². The first-order valence-corrected chi connectivity index (χ1v) is 8.08. The lowest BCUT2D eigenvalue weighted by Gasteiger charge is -2.21. The Morgan fingerprint density at radius 1 is 1.09 bits per heavy atom. The van der Waals surface area contributed by atoms with Gasteiger partial charge in [0.1, 0.15) is 5.75 Å². The van der Waals surface area contributed by atoms with Gasteiger partial charge in [-0.25, -0.2) is 0 Å². The summed E-state index contributed by atoms with van der Waals surface area (Å²) in [5.74, 6) is 1.12. The zero-order valence-corrected chi connectivity index (χ0v) is 14.1. The van der Waals surface area contributed by atoms with Gasteiger partial charge in [0.25, 0.3) is 5.91 Å². The molecule has 23 heavy (non-hydrogen) atoms. The van der Waals surface area contributed by atoms with Crippen molar-refractivity contribution in [3.05, 3.63) is 65.7 Å². The van der Waals surface area contributed by atoms with E-state index in [0.717, 1.165) is 23.3 Å². The highest BCUT2D eigenvalue weighted by Gasteiger charge is 2.16. The first kappa shape index (κ1) is 17.1. The summed E-state index contributed by atoms with van der Waals surface area (Å²) in [4.78, 5) is 12.2. The van der Waals surface area contributed by atoms with Crippen LogP contribution in [0, 0.1) is 12.8 Å². The Morgan fingerprint density at radius 2 is 1.83 bits per heavy atom. The number of amides is 1. The number of carbonyl (C=O) groups excluding carboxylic acids is 1. The van der Waals surface area contributed by atoms with Crippen molar-refractivity contribution in [2.45, 2.75) is 33.2 Å². The minimum Gasteiger partial charge on any atom is -0.484 e. The highest BCUT2D eigenvalue weighted by Crippen LogP contribution is 2.21. The summed E-state index contributed by atoms with van der Waals surface area (Å²) in [6.45, 7) is 6.35. The number of hydrogen-bond acceptors (Lipinski definition) is 2. The molecule has 122 valence electrons. The van der Waals surface area contributed by atoms with Gasteiger partial charge in [-0.1, -0.05) is 56.3 Å². The molecule has 1 N–H and O–H groups in total. The van der Waals surface area contributed by atoms with Crippen LogP contribution in [0.1, 0.15) is 37.4 Å². The lowest BCUT2D eigenvalue weighted by Crippen LogP contribution is -2.33. The Balaban J connectivity index is 1.95. The summed E-state index contributed by atoms with van der Waals surface area (Å²) >= 11 is 0. The number of hydrogen-bond donors (Lipinski definition) is 1. The monoisotopic (exact) mass is 311 g/mol. The molecule has 1 amide bonds. The van der Waals surface area contributed by atoms with Crippen LogP contribution in [0.25, 0.3) is 0 Å². The van der Waals surface area contributed by atoms with E-state index in [1.165, 1.54) is 0 Å². The topological polar surface area (TPSA) is 38.3 Å². The van der Waals surface area contributed by atoms with E-state index in [-0.39, 0.29) is 18.6 Å². The van der Waals surface area contributed by atoms with E-state index in [1.54, 1.807) is 0 Å². The van der Waals surface area contributed by atoms with Gasteiger partial charge in [-0.3, -0.25) is 4.79 Å². The summed E-state index contributed by atoms with van der Waals surface area (Å²) in [6.07, 6.45) is 0.903. The van der Waals surface area contributed by atoms with Crippen LogP contribution >= 0.6 is 0 Å². The molecule has 0 saturated carbocycles. The third kappa shape index (κ3) is 5.78. The van der Waals surface area contributed by atoms with Crippen LogP contribution in [0.3, 0.4) is 0 Å². The summed E-state index contributed by atoms with van der Waals surface area (Å²) < 4.78 is 5.58. The van der Waals surface area contributed by atoms with Crippen LogP contribution in [-0.2, 0) is 4.79 Å². The molecule has 0 aromatic heterocycles. The maximum absolute atomic E-state index is 12.2. The second-order valence-corrected chi connectivity index (χ2v) is 6.27. The highest BCUT2D eigenvalue weighted by atomic mass is 16.5. The fourth-order valence-corrected chi connectivity index (χ4v) is 2.53. The van der Waals surface area contributed by atoms with E-state index in [4.69, 9.17) is 4.74 Å². The molecule has 0 aliphatic carbocycles. The molecule has 0 aliphatic rings. The molecule has 3 heteroatoms. The van der Waals surface area contributed by atoms with Crippen molar-refractivity contribution < 1.29 is 9.53 Å². The van der Waals surface area contributed by atoms with Gasteiger partial charge >= 0.3 is 0 Å². The van der Waals surface area contributed by atoms with Crippen molar-refractivity contribution in [2.24, 2.45) is 5.92 Å². The molecule has 0 spiro atoms. The van der Waals surface area contributed by atoms with Crippen molar-refractivity contribution in [2.75, 3.05) is 6.61 Å². The SMILES string of the molecule is Cc1cccc(OCC(=O)N[C@H](CC(C)C)c2ccccc2)c1. The van der Waals surface area contributed by atoms with Gasteiger partial charge < -0.3 is 10.1 Å². The lowest BCUT2D eigenvalue weighted by molar-refractivity contribution is -0.124. The first-order valence-electron chi connectivity index (χ1n) is 8.08. The van der Waals surface area contributed by atoms with Gasteiger partial charge in [0.15, 0.2) is 6.61 Å². The number of nitrogens with one attached hydrogen (secondary N) is 1. The molecule has 3 nitrogen and oxygen atoms in total. The Morgan fingerprint density at radius 3 is 2.48 bits per heavy atom. The molecular formula is C20H25NO2. The quantitative estimate of drug-likeness (QED) is 0.829. The van der Waals surface area contributed by atoms with Crippen LogP contribution in [-0.4, -0.2) is 12.5 Å². The minimum absolute atomic E-state index is 0.0183. The Kier molecular flexibility index (Phi) is 6.21. The maximum atomic E-state index is 12.2. The fourth-order valence-electron chi connectivity index (χ4n) is 2.53. The largest absolute Gasteiger partial charge is 0.484 e. The van der Waals surface area contributed by atoms with E-state index in [2.05, 4.69) is 31.3 Å². The van der Waals surface area contributed by atoms with Gasteiger partial charge in [-0.2, -0.15) is 0 Å².